The zero-order chi connectivity index (χ0) is 16.7. The lowest BCUT2D eigenvalue weighted by Crippen LogP contribution is -2.32. The lowest BCUT2D eigenvalue weighted by Gasteiger charge is -2.21. The molecule has 3 heteroatoms. The molecule has 2 atom stereocenters. The second kappa shape index (κ2) is 8.68. The minimum absolute atomic E-state index is 0.227. The predicted molar refractivity (Wildman–Crippen MR) is 104 cm³/mol. The van der Waals surface area contributed by atoms with Crippen LogP contribution in [0.4, 0.5) is 5.69 Å². The molecule has 2 N–H and O–H groups in total. The van der Waals surface area contributed by atoms with E-state index in [1.54, 1.807) is 0 Å². The molecule has 0 aliphatic heterocycles. The van der Waals surface area contributed by atoms with Crippen molar-refractivity contribution in [1.82, 2.24) is 5.32 Å². The van der Waals surface area contributed by atoms with Gasteiger partial charge in [-0.1, -0.05) is 63.2 Å². The van der Waals surface area contributed by atoms with Gasteiger partial charge in [0, 0.05) is 5.69 Å². The lowest BCUT2D eigenvalue weighted by molar-refractivity contribution is 0.628. The molecule has 23 heavy (non-hydrogen) atoms. The van der Waals surface area contributed by atoms with Crippen molar-refractivity contribution in [3.8, 4) is 0 Å². The van der Waals surface area contributed by atoms with Crippen LogP contribution in [0.1, 0.15) is 56.7 Å². The SMILES string of the molecule is CCC(C)c1ccc(C(CC)NC(=S)Nc2ccccc2)cc1. The van der Waals surface area contributed by atoms with Gasteiger partial charge in [0.2, 0.25) is 0 Å². The molecule has 2 aromatic rings. The Morgan fingerprint density at radius 2 is 1.52 bits per heavy atom. The summed E-state index contributed by atoms with van der Waals surface area (Å²) in [7, 11) is 0. The molecule has 0 bridgehead atoms. The molecular weight excluding hydrogens is 300 g/mol. The fourth-order valence-electron chi connectivity index (χ4n) is 2.56. The topological polar surface area (TPSA) is 24.1 Å². The highest BCUT2D eigenvalue weighted by Gasteiger charge is 2.11. The monoisotopic (exact) mass is 326 g/mol. The standard InChI is InChI=1S/C20H26N2S/c1-4-15(3)16-11-13-17(14-12-16)19(5-2)22-20(23)21-18-9-7-6-8-10-18/h6-15,19H,4-5H2,1-3H3,(H2,21,22,23). The summed E-state index contributed by atoms with van der Waals surface area (Å²) in [5.41, 5.74) is 3.68. The summed E-state index contributed by atoms with van der Waals surface area (Å²) in [6, 6.07) is 19.1. The van der Waals surface area contributed by atoms with Gasteiger partial charge in [-0.3, -0.25) is 0 Å². The first kappa shape index (κ1) is 17.5. The quantitative estimate of drug-likeness (QED) is 0.672. The van der Waals surface area contributed by atoms with E-state index in [4.69, 9.17) is 12.2 Å². The highest BCUT2D eigenvalue weighted by Crippen LogP contribution is 2.22. The van der Waals surface area contributed by atoms with E-state index in [0.717, 1.165) is 12.1 Å². The number of para-hydroxylation sites is 1. The molecule has 0 fully saturated rings. The van der Waals surface area contributed by atoms with Gasteiger partial charge >= 0.3 is 0 Å². The molecule has 2 nitrogen and oxygen atoms in total. The Morgan fingerprint density at radius 1 is 0.913 bits per heavy atom. The second-order valence-corrected chi connectivity index (χ2v) is 6.31. The van der Waals surface area contributed by atoms with Crippen molar-refractivity contribution in [1.29, 1.82) is 0 Å². The van der Waals surface area contributed by atoms with E-state index in [0.29, 0.717) is 11.0 Å². The summed E-state index contributed by atoms with van der Waals surface area (Å²) in [5, 5.41) is 7.31. The Morgan fingerprint density at radius 3 is 2.09 bits per heavy atom. The maximum absolute atomic E-state index is 5.44. The third kappa shape index (κ3) is 5.07. The number of hydrogen-bond donors (Lipinski definition) is 2. The largest absolute Gasteiger partial charge is 0.356 e. The van der Waals surface area contributed by atoms with E-state index in [-0.39, 0.29) is 6.04 Å². The molecule has 2 rings (SSSR count). The third-order valence-corrected chi connectivity index (χ3v) is 4.49. The molecule has 2 unspecified atom stereocenters. The van der Waals surface area contributed by atoms with Crippen LogP contribution in [0.5, 0.6) is 0 Å². The molecule has 0 heterocycles. The summed E-state index contributed by atoms with van der Waals surface area (Å²) in [4.78, 5) is 0. The number of thiocarbonyl (C=S) groups is 1. The molecule has 0 spiro atoms. The number of hydrogen-bond acceptors (Lipinski definition) is 1. The van der Waals surface area contributed by atoms with Gasteiger partial charge in [-0.05, 0) is 54.2 Å². The molecule has 0 aliphatic carbocycles. The number of rotatable bonds is 6. The van der Waals surface area contributed by atoms with Gasteiger partial charge in [0.05, 0.1) is 6.04 Å². The zero-order valence-electron chi connectivity index (χ0n) is 14.2. The second-order valence-electron chi connectivity index (χ2n) is 5.90. The zero-order valence-corrected chi connectivity index (χ0v) is 15.0. The van der Waals surface area contributed by atoms with Crippen molar-refractivity contribution in [3.63, 3.8) is 0 Å². The van der Waals surface area contributed by atoms with E-state index >= 15 is 0 Å². The highest BCUT2D eigenvalue weighted by atomic mass is 32.1. The van der Waals surface area contributed by atoms with E-state index < -0.39 is 0 Å². The van der Waals surface area contributed by atoms with Crippen molar-refractivity contribution >= 4 is 23.0 Å². The van der Waals surface area contributed by atoms with Gasteiger partial charge in [-0.15, -0.1) is 0 Å². The smallest absolute Gasteiger partial charge is 0.171 e. The molecule has 0 aromatic heterocycles. The Labute approximate surface area is 145 Å². The Bertz CT molecular complexity index is 607. The summed E-state index contributed by atoms with van der Waals surface area (Å²) in [6.07, 6.45) is 2.15. The molecule has 0 saturated heterocycles. The minimum Gasteiger partial charge on any atom is -0.356 e. The van der Waals surface area contributed by atoms with Crippen LogP contribution in [0.25, 0.3) is 0 Å². The summed E-state index contributed by atoms with van der Waals surface area (Å²) >= 11 is 5.44. The molecule has 0 radical (unpaired) electrons. The molecule has 2 aromatic carbocycles. The summed E-state index contributed by atoms with van der Waals surface area (Å²) < 4.78 is 0. The third-order valence-electron chi connectivity index (χ3n) is 4.27. The Hall–Kier alpha value is -1.87. The molecule has 0 amide bonds. The lowest BCUT2D eigenvalue weighted by atomic mass is 9.95. The highest BCUT2D eigenvalue weighted by molar-refractivity contribution is 7.80. The van der Waals surface area contributed by atoms with E-state index in [1.807, 2.05) is 30.3 Å². The molecule has 0 saturated carbocycles. The molecule has 122 valence electrons. The first-order chi connectivity index (χ1) is 11.1. The fraction of sp³-hybridized carbons (Fsp3) is 0.350. The van der Waals surface area contributed by atoms with Crippen LogP contribution in [0, 0.1) is 0 Å². The first-order valence-corrected chi connectivity index (χ1v) is 8.77. The van der Waals surface area contributed by atoms with Crippen LogP contribution in [-0.2, 0) is 0 Å². The van der Waals surface area contributed by atoms with Crippen LogP contribution >= 0.6 is 12.2 Å². The number of nitrogens with one attached hydrogen (secondary N) is 2. The van der Waals surface area contributed by atoms with E-state index in [1.165, 1.54) is 17.5 Å². The van der Waals surface area contributed by atoms with Crippen LogP contribution in [0.15, 0.2) is 54.6 Å². The van der Waals surface area contributed by atoms with Crippen molar-refractivity contribution in [2.24, 2.45) is 0 Å². The fourth-order valence-corrected chi connectivity index (χ4v) is 2.82. The average Bonchev–Trinajstić information content (AvgIpc) is 2.60. The van der Waals surface area contributed by atoms with Gasteiger partial charge in [0.25, 0.3) is 0 Å². The van der Waals surface area contributed by atoms with Crippen molar-refractivity contribution < 1.29 is 0 Å². The summed E-state index contributed by atoms with van der Waals surface area (Å²) in [6.45, 7) is 6.66. The predicted octanol–water partition coefficient (Wildman–Crippen LogP) is 5.64. The molecule has 0 aliphatic rings. The Balaban J connectivity index is 2.00. The van der Waals surface area contributed by atoms with E-state index in [2.05, 4.69) is 55.7 Å². The van der Waals surface area contributed by atoms with Gasteiger partial charge in [0.15, 0.2) is 5.11 Å². The Kier molecular flexibility index (Phi) is 6.60. The van der Waals surface area contributed by atoms with Crippen LogP contribution in [0.3, 0.4) is 0 Å². The van der Waals surface area contributed by atoms with E-state index in [9.17, 15) is 0 Å². The van der Waals surface area contributed by atoms with Gasteiger partial charge in [0.1, 0.15) is 0 Å². The average molecular weight is 327 g/mol. The van der Waals surface area contributed by atoms with Gasteiger partial charge in [-0.25, -0.2) is 0 Å². The van der Waals surface area contributed by atoms with Crippen molar-refractivity contribution in [2.45, 2.75) is 45.6 Å². The van der Waals surface area contributed by atoms with Crippen LogP contribution < -0.4 is 10.6 Å². The first-order valence-electron chi connectivity index (χ1n) is 8.36. The van der Waals surface area contributed by atoms with Crippen molar-refractivity contribution in [2.75, 3.05) is 5.32 Å². The van der Waals surface area contributed by atoms with Gasteiger partial charge in [-0.2, -0.15) is 0 Å². The van der Waals surface area contributed by atoms with Crippen LogP contribution in [-0.4, -0.2) is 5.11 Å². The van der Waals surface area contributed by atoms with Crippen LogP contribution in [0.2, 0.25) is 0 Å². The number of benzene rings is 2. The maximum Gasteiger partial charge on any atom is 0.171 e. The van der Waals surface area contributed by atoms with Gasteiger partial charge < -0.3 is 10.6 Å². The maximum atomic E-state index is 5.44. The minimum atomic E-state index is 0.227. The number of anilines is 1. The summed E-state index contributed by atoms with van der Waals surface area (Å²) in [5.74, 6) is 0.609. The van der Waals surface area contributed by atoms with Crippen molar-refractivity contribution in [3.05, 3.63) is 65.7 Å². The molecular formula is C20H26N2S. The normalized spacial score (nSPS) is 13.2.